The molecule has 0 bridgehead atoms. The molecule has 0 aliphatic heterocycles. The maximum atomic E-state index is 12.0. The van der Waals surface area contributed by atoms with Crippen molar-refractivity contribution in [3.05, 3.63) is 45.6 Å². The molecule has 110 valence electrons. The molecule has 0 aliphatic carbocycles. The van der Waals surface area contributed by atoms with Crippen LogP contribution in [0.1, 0.15) is 16.1 Å². The number of anilines is 1. The number of hydrogen-bond acceptors (Lipinski definition) is 5. The highest BCUT2D eigenvalue weighted by molar-refractivity contribution is 6.00. The van der Waals surface area contributed by atoms with Crippen LogP contribution in [0.2, 0.25) is 0 Å². The van der Waals surface area contributed by atoms with E-state index in [9.17, 15) is 14.9 Å². The number of nitrogens with two attached hydrogens (primary N) is 1. The monoisotopic (exact) mass is 289 g/mol. The molecule has 7 nitrogen and oxygen atoms in total. The van der Waals surface area contributed by atoms with Crippen LogP contribution in [0.3, 0.4) is 0 Å². The second-order valence-corrected chi connectivity index (χ2v) is 4.56. The Morgan fingerprint density at radius 2 is 2.00 bits per heavy atom. The molecule has 0 unspecified atom stereocenters. The lowest BCUT2D eigenvalue weighted by atomic mass is 10.00. The molecule has 21 heavy (non-hydrogen) atoms. The van der Waals surface area contributed by atoms with E-state index in [2.05, 4.69) is 0 Å². The topological polar surface area (TPSA) is 100 Å². The summed E-state index contributed by atoms with van der Waals surface area (Å²) in [4.78, 5) is 22.7. The quantitative estimate of drug-likeness (QED) is 0.530. The third-order valence-electron chi connectivity index (χ3n) is 3.44. The van der Waals surface area contributed by atoms with Gasteiger partial charge in [0.15, 0.2) is 0 Å². The van der Waals surface area contributed by atoms with Gasteiger partial charge in [-0.15, -0.1) is 0 Å². The van der Waals surface area contributed by atoms with Gasteiger partial charge in [0.25, 0.3) is 5.69 Å². The summed E-state index contributed by atoms with van der Waals surface area (Å²) in [6.45, 7) is 1.72. The van der Waals surface area contributed by atoms with Crippen molar-refractivity contribution in [1.82, 2.24) is 4.57 Å². The Labute approximate surface area is 121 Å². The molecule has 2 aromatic rings. The second kappa shape index (κ2) is 5.28. The van der Waals surface area contributed by atoms with Crippen molar-refractivity contribution >= 4 is 17.5 Å². The van der Waals surface area contributed by atoms with Gasteiger partial charge in [-0.2, -0.15) is 0 Å². The average molecular weight is 289 g/mol. The molecule has 0 atom stereocenters. The number of aromatic nitrogens is 1. The van der Waals surface area contributed by atoms with E-state index >= 15 is 0 Å². The minimum atomic E-state index is -0.592. The van der Waals surface area contributed by atoms with Gasteiger partial charge in [0.1, 0.15) is 11.5 Å². The van der Waals surface area contributed by atoms with Gasteiger partial charge in [-0.3, -0.25) is 10.1 Å². The largest absolute Gasteiger partial charge is 0.464 e. The maximum absolute atomic E-state index is 12.0. The molecule has 1 aromatic carbocycles. The normalized spacial score (nSPS) is 10.4. The summed E-state index contributed by atoms with van der Waals surface area (Å²) in [5, 5.41) is 11.2. The zero-order valence-electron chi connectivity index (χ0n) is 11.9. The van der Waals surface area contributed by atoms with Gasteiger partial charge >= 0.3 is 5.97 Å². The summed E-state index contributed by atoms with van der Waals surface area (Å²) < 4.78 is 6.24. The van der Waals surface area contributed by atoms with Gasteiger partial charge < -0.3 is 15.0 Å². The van der Waals surface area contributed by atoms with Crippen LogP contribution in [-0.4, -0.2) is 22.6 Å². The highest BCUT2D eigenvalue weighted by atomic mass is 16.6. The Morgan fingerprint density at radius 1 is 1.38 bits per heavy atom. The maximum Gasteiger partial charge on any atom is 0.355 e. The van der Waals surface area contributed by atoms with E-state index in [0.29, 0.717) is 22.5 Å². The first-order chi connectivity index (χ1) is 9.90. The molecule has 2 N–H and O–H groups in total. The second-order valence-electron chi connectivity index (χ2n) is 4.56. The first-order valence-electron chi connectivity index (χ1n) is 6.17. The molecule has 0 aliphatic rings. The van der Waals surface area contributed by atoms with E-state index < -0.39 is 10.9 Å². The van der Waals surface area contributed by atoms with Crippen LogP contribution in [0.25, 0.3) is 11.1 Å². The van der Waals surface area contributed by atoms with Crippen LogP contribution >= 0.6 is 0 Å². The van der Waals surface area contributed by atoms with Gasteiger partial charge in [0.05, 0.1) is 17.6 Å². The first-order valence-corrected chi connectivity index (χ1v) is 6.17. The summed E-state index contributed by atoms with van der Waals surface area (Å²) in [7, 11) is 2.87. The number of hydrogen-bond donors (Lipinski definition) is 1. The van der Waals surface area contributed by atoms with E-state index in [1.165, 1.54) is 17.7 Å². The zero-order valence-corrected chi connectivity index (χ0v) is 11.9. The van der Waals surface area contributed by atoms with Crippen molar-refractivity contribution in [2.45, 2.75) is 6.92 Å². The van der Waals surface area contributed by atoms with Crippen molar-refractivity contribution in [2.75, 3.05) is 12.8 Å². The van der Waals surface area contributed by atoms with Crippen LogP contribution < -0.4 is 5.73 Å². The van der Waals surface area contributed by atoms with Crippen molar-refractivity contribution in [2.24, 2.45) is 7.05 Å². The molecule has 2 rings (SSSR count). The number of rotatable bonds is 3. The third kappa shape index (κ3) is 2.22. The lowest BCUT2D eigenvalue weighted by Gasteiger charge is -2.07. The number of nitrogens with zero attached hydrogens (tertiary/aromatic N) is 2. The SMILES string of the molecule is COC(=O)c1c(-c2ccccc2[N+](=O)[O-])c(C)c(N)n1C. The number of methoxy groups -OCH3 is 1. The lowest BCUT2D eigenvalue weighted by molar-refractivity contribution is -0.384. The van der Waals surface area contributed by atoms with Crippen molar-refractivity contribution in [3.63, 3.8) is 0 Å². The number of nitrogen functional groups attached to an aromatic ring is 1. The standard InChI is InChI=1S/C14H15N3O4/c1-8-11(9-6-4-5-7-10(9)17(19)20)12(14(18)21-3)16(2)13(8)15/h4-7H,15H2,1-3H3. The summed E-state index contributed by atoms with van der Waals surface area (Å²) in [6.07, 6.45) is 0. The Hall–Kier alpha value is -2.83. The smallest absolute Gasteiger partial charge is 0.355 e. The van der Waals surface area contributed by atoms with Crippen molar-refractivity contribution < 1.29 is 14.5 Å². The number of benzene rings is 1. The molecule has 0 saturated heterocycles. The molecule has 0 spiro atoms. The van der Waals surface area contributed by atoms with Gasteiger partial charge in [-0.1, -0.05) is 12.1 Å². The van der Waals surface area contributed by atoms with Crippen LogP contribution in [0, 0.1) is 17.0 Å². The molecular formula is C14H15N3O4. The van der Waals surface area contributed by atoms with Crippen molar-refractivity contribution in [3.8, 4) is 11.1 Å². The molecule has 1 heterocycles. The molecule has 7 heteroatoms. The Morgan fingerprint density at radius 3 is 2.57 bits per heavy atom. The minimum absolute atomic E-state index is 0.0867. The molecule has 1 aromatic heterocycles. The summed E-state index contributed by atoms with van der Waals surface area (Å²) >= 11 is 0. The van der Waals surface area contributed by atoms with E-state index in [4.69, 9.17) is 10.5 Å². The average Bonchev–Trinajstić information content (AvgIpc) is 2.70. The number of ether oxygens (including phenoxy) is 1. The predicted molar refractivity (Wildman–Crippen MR) is 78.0 cm³/mol. The van der Waals surface area contributed by atoms with Crippen LogP contribution in [0.5, 0.6) is 0 Å². The lowest BCUT2D eigenvalue weighted by Crippen LogP contribution is -2.10. The van der Waals surface area contributed by atoms with Crippen LogP contribution in [0.4, 0.5) is 11.5 Å². The van der Waals surface area contributed by atoms with Crippen LogP contribution in [0.15, 0.2) is 24.3 Å². The number of carbonyl (C=O) groups excluding carboxylic acids is 1. The summed E-state index contributed by atoms with van der Waals surface area (Å²) in [5.41, 5.74) is 7.42. The molecule has 0 radical (unpaired) electrons. The van der Waals surface area contributed by atoms with Crippen molar-refractivity contribution in [1.29, 1.82) is 0 Å². The predicted octanol–water partition coefficient (Wildman–Crippen LogP) is 2.28. The fourth-order valence-corrected chi connectivity index (χ4v) is 2.35. The number of esters is 1. The Balaban J connectivity index is 2.85. The highest BCUT2D eigenvalue weighted by Gasteiger charge is 2.28. The van der Waals surface area contributed by atoms with E-state index in [1.54, 1.807) is 32.2 Å². The number of carbonyl (C=O) groups is 1. The number of nitro benzene ring substituents is 1. The van der Waals surface area contributed by atoms with E-state index in [1.807, 2.05) is 0 Å². The number of nitro groups is 1. The fraction of sp³-hybridized carbons (Fsp3) is 0.214. The Bertz CT molecular complexity index is 734. The molecular weight excluding hydrogens is 274 g/mol. The zero-order chi connectivity index (χ0) is 15.7. The molecule has 0 saturated carbocycles. The Kier molecular flexibility index (Phi) is 3.66. The van der Waals surface area contributed by atoms with E-state index in [0.717, 1.165) is 0 Å². The minimum Gasteiger partial charge on any atom is -0.464 e. The fourth-order valence-electron chi connectivity index (χ4n) is 2.35. The summed E-state index contributed by atoms with van der Waals surface area (Å²) in [5.74, 6) is -0.228. The van der Waals surface area contributed by atoms with Crippen LogP contribution in [-0.2, 0) is 11.8 Å². The van der Waals surface area contributed by atoms with Gasteiger partial charge in [0, 0.05) is 18.7 Å². The number of para-hydroxylation sites is 1. The van der Waals surface area contributed by atoms with Gasteiger partial charge in [-0.05, 0) is 18.6 Å². The molecule has 0 amide bonds. The third-order valence-corrected chi connectivity index (χ3v) is 3.44. The highest BCUT2D eigenvalue weighted by Crippen LogP contribution is 2.38. The first kappa shape index (κ1) is 14.6. The summed E-state index contributed by atoms with van der Waals surface area (Å²) in [6, 6.07) is 6.22. The van der Waals surface area contributed by atoms with Gasteiger partial charge in [-0.25, -0.2) is 4.79 Å². The van der Waals surface area contributed by atoms with Gasteiger partial charge in [0.2, 0.25) is 0 Å². The molecule has 0 fully saturated rings. The van der Waals surface area contributed by atoms with E-state index in [-0.39, 0.29) is 11.4 Å².